The van der Waals surface area contributed by atoms with Crippen LogP contribution in [0.25, 0.3) is 0 Å². The summed E-state index contributed by atoms with van der Waals surface area (Å²) in [5, 5.41) is 3.14. The third-order valence-corrected chi connectivity index (χ3v) is 9.24. The largest absolute Gasteiger partial charge is 0.416 e. The highest BCUT2D eigenvalue weighted by Gasteiger charge is 2.36. The number of likely N-dealkylation sites (N-methyl/N-ethyl adjacent to an activating group) is 1. The number of benzene rings is 4. The van der Waals surface area contributed by atoms with Crippen molar-refractivity contribution in [1.82, 2.24) is 10.2 Å². The summed E-state index contributed by atoms with van der Waals surface area (Å²) in [5.41, 5.74) is 0.629. The van der Waals surface area contributed by atoms with Crippen molar-refractivity contribution < 1.29 is 31.2 Å². The highest BCUT2D eigenvalue weighted by atomic mass is 35.5. The molecule has 4 aromatic rings. The van der Waals surface area contributed by atoms with E-state index in [4.69, 9.17) is 11.6 Å². The van der Waals surface area contributed by atoms with Crippen molar-refractivity contribution in [1.29, 1.82) is 0 Å². The SMILES string of the molecule is CCNC(=O)C(Cc1ccccc1)N(Cc1cccc(Cl)c1)C(=O)CN(c1cccc(C(F)(F)F)c1)S(=O)(=O)c1ccc(C)cc1. The second kappa shape index (κ2) is 14.8. The molecular weight excluding hydrogens is 639 g/mol. The molecule has 0 saturated heterocycles. The molecule has 0 aliphatic rings. The van der Waals surface area contributed by atoms with E-state index in [-0.39, 0.29) is 30.1 Å². The topological polar surface area (TPSA) is 86.8 Å². The highest BCUT2D eigenvalue weighted by Crippen LogP contribution is 2.33. The molecule has 0 saturated carbocycles. The van der Waals surface area contributed by atoms with Crippen molar-refractivity contribution in [3.63, 3.8) is 0 Å². The van der Waals surface area contributed by atoms with Gasteiger partial charge in [-0.05, 0) is 67.4 Å². The van der Waals surface area contributed by atoms with Crippen LogP contribution in [0.4, 0.5) is 18.9 Å². The normalized spacial score (nSPS) is 12.3. The van der Waals surface area contributed by atoms with Crippen LogP contribution in [0, 0.1) is 6.92 Å². The van der Waals surface area contributed by atoms with Crippen molar-refractivity contribution in [2.75, 3.05) is 17.4 Å². The maximum atomic E-state index is 14.4. The van der Waals surface area contributed by atoms with Crippen molar-refractivity contribution in [2.24, 2.45) is 0 Å². The van der Waals surface area contributed by atoms with Crippen molar-refractivity contribution >= 4 is 39.1 Å². The minimum atomic E-state index is -4.77. The van der Waals surface area contributed by atoms with E-state index < -0.39 is 46.2 Å². The van der Waals surface area contributed by atoms with Crippen LogP contribution >= 0.6 is 11.6 Å². The van der Waals surface area contributed by atoms with Crippen LogP contribution in [0.1, 0.15) is 29.2 Å². The standard InChI is InChI=1S/C34H33ClF3N3O4S/c1-3-39-33(43)31(20-25-9-5-4-6-10-25)40(22-26-11-7-13-28(35)19-26)32(42)23-41(29-14-8-12-27(21-29)34(36,37)38)46(44,45)30-17-15-24(2)16-18-30/h4-19,21,31H,3,20,22-23H2,1-2H3,(H,39,43). The van der Waals surface area contributed by atoms with Gasteiger partial charge in [-0.1, -0.05) is 77.8 Å². The Hall–Kier alpha value is -4.35. The van der Waals surface area contributed by atoms with Gasteiger partial charge in [-0.2, -0.15) is 13.2 Å². The van der Waals surface area contributed by atoms with Gasteiger partial charge in [-0.3, -0.25) is 13.9 Å². The first-order valence-electron chi connectivity index (χ1n) is 14.4. The first-order chi connectivity index (χ1) is 21.8. The molecule has 0 radical (unpaired) electrons. The number of hydrogen-bond donors (Lipinski definition) is 1. The number of carbonyl (C=O) groups is 2. The summed E-state index contributed by atoms with van der Waals surface area (Å²) in [6.07, 6.45) is -4.68. The molecule has 2 amide bonds. The van der Waals surface area contributed by atoms with Gasteiger partial charge in [-0.15, -0.1) is 0 Å². The van der Waals surface area contributed by atoms with Gasteiger partial charge in [0.2, 0.25) is 11.8 Å². The van der Waals surface area contributed by atoms with Gasteiger partial charge in [0, 0.05) is 24.5 Å². The van der Waals surface area contributed by atoms with Crippen LogP contribution in [-0.2, 0) is 38.8 Å². The molecule has 4 rings (SSSR count). The molecule has 12 heteroatoms. The van der Waals surface area contributed by atoms with E-state index in [1.807, 2.05) is 6.07 Å². The second-order valence-electron chi connectivity index (χ2n) is 10.6. The van der Waals surface area contributed by atoms with Crippen LogP contribution in [0.5, 0.6) is 0 Å². The second-order valence-corrected chi connectivity index (χ2v) is 12.9. The first-order valence-corrected chi connectivity index (χ1v) is 16.2. The molecule has 242 valence electrons. The van der Waals surface area contributed by atoms with Crippen molar-refractivity contribution in [2.45, 2.75) is 43.9 Å². The summed E-state index contributed by atoms with van der Waals surface area (Å²) in [7, 11) is -4.56. The first kappa shape index (κ1) is 34.5. The van der Waals surface area contributed by atoms with E-state index in [1.165, 1.54) is 23.1 Å². The number of amides is 2. The van der Waals surface area contributed by atoms with Gasteiger partial charge in [0.15, 0.2) is 0 Å². The Labute approximate surface area is 271 Å². The van der Waals surface area contributed by atoms with Gasteiger partial charge in [0.05, 0.1) is 16.1 Å². The van der Waals surface area contributed by atoms with E-state index in [9.17, 15) is 31.2 Å². The fourth-order valence-corrected chi connectivity index (χ4v) is 6.50. The van der Waals surface area contributed by atoms with E-state index >= 15 is 0 Å². The number of alkyl halides is 3. The smallest absolute Gasteiger partial charge is 0.355 e. The van der Waals surface area contributed by atoms with Crippen molar-refractivity contribution in [3.8, 4) is 0 Å². The Balaban J connectivity index is 1.84. The average molecular weight is 672 g/mol. The van der Waals surface area contributed by atoms with Gasteiger partial charge >= 0.3 is 6.18 Å². The molecule has 0 aromatic heterocycles. The van der Waals surface area contributed by atoms with Crippen LogP contribution in [0.15, 0.2) is 108 Å². The molecule has 1 N–H and O–H groups in total. The summed E-state index contributed by atoms with van der Waals surface area (Å²) >= 11 is 6.22. The Morgan fingerprint density at radius 1 is 0.870 bits per heavy atom. The lowest BCUT2D eigenvalue weighted by Gasteiger charge is -2.34. The summed E-state index contributed by atoms with van der Waals surface area (Å²) in [6, 6.07) is 24.1. The molecule has 1 atom stereocenters. The monoisotopic (exact) mass is 671 g/mol. The molecule has 0 bridgehead atoms. The Kier molecular flexibility index (Phi) is 11.1. The highest BCUT2D eigenvalue weighted by molar-refractivity contribution is 7.92. The molecule has 0 fully saturated rings. The fourth-order valence-electron chi connectivity index (χ4n) is 4.88. The number of rotatable bonds is 12. The predicted molar refractivity (Wildman–Crippen MR) is 172 cm³/mol. The maximum absolute atomic E-state index is 14.4. The van der Waals surface area contributed by atoms with E-state index in [2.05, 4.69) is 5.32 Å². The molecule has 0 spiro atoms. The van der Waals surface area contributed by atoms with Gasteiger partial charge < -0.3 is 10.2 Å². The predicted octanol–water partition coefficient (Wildman–Crippen LogP) is 6.64. The molecule has 46 heavy (non-hydrogen) atoms. The Bertz CT molecular complexity index is 1770. The zero-order valence-electron chi connectivity index (χ0n) is 25.2. The quantitative estimate of drug-likeness (QED) is 0.183. The van der Waals surface area contributed by atoms with Crippen LogP contribution in [0.2, 0.25) is 5.02 Å². The summed E-state index contributed by atoms with van der Waals surface area (Å²) in [4.78, 5) is 28.9. The summed E-state index contributed by atoms with van der Waals surface area (Å²) in [6.45, 7) is 2.73. The van der Waals surface area contributed by atoms with Gasteiger partial charge in [0.25, 0.3) is 10.0 Å². The molecule has 0 aliphatic heterocycles. The third kappa shape index (κ3) is 8.67. The number of sulfonamides is 1. The zero-order valence-corrected chi connectivity index (χ0v) is 26.7. The number of nitrogens with zero attached hydrogens (tertiary/aromatic N) is 2. The van der Waals surface area contributed by atoms with Gasteiger partial charge in [0.1, 0.15) is 12.6 Å². The van der Waals surface area contributed by atoms with E-state index in [1.54, 1.807) is 74.5 Å². The average Bonchev–Trinajstić information content (AvgIpc) is 3.02. The van der Waals surface area contributed by atoms with Crippen LogP contribution in [0.3, 0.4) is 0 Å². The number of carbonyl (C=O) groups excluding carboxylic acids is 2. The minimum absolute atomic E-state index is 0.0905. The third-order valence-electron chi connectivity index (χ3n) is 7.21. The summed E-state index contributed by atoms with van der Waals surface area (Å²) < 4.78 is 69.9. The maximum Gasteiger partial charge on any atom is 0.416 e. The molecule has 7 nitrogen and oxygen atoms in total. The van der Waals surface area contributed by atoms with Crippen molar-refractivity contribution in [3.05, 3.63) is 130 Å². The van der Waals surface area contributed by atoms with Gasteiger partial charge in [-0.25, -0.2) is 8.42 Å². The molecule has 4 aromatic carbocycles. The number of anilines is 1. The molecule has 0 heterocycles. The molecule has 0 aliphatic carbocycles. The Morgan fingerprint density at radius 3 is 2.15 bits per heavy atom. The number of hydrogen-bond acceptors (Lipinski definition) is 4. The number of aryl methyl sites for hydroxylation is 1. The lowest BCUT2D eigenvalue weighted by atomic mass is 10.0. The minimum Gasteiger partial charge on any atom is -0.355 e. The summed E-state index contributed by atoms with van der Waals surface area (Å²) in [5.74, 6) is -1.28. The zero-order chi connectivity index (χ0) is 33.5. The molecular formula is C34H33ClF3N3O4S. The van der Waals surface area contributed by atoms with E-state index in [0.717, 1.165) is 23.3 Å². The van der Waals surface area contributed by atoms with Crippen LogP contribution in [-0.4, -0.2) is 44.3 Å². The van der Waals surface area contributed by atoms with E-state index in [0.29, 0.717) is 21.0 Å². The van der Waals surface area contributed by atoms with Crippen LogP contribution < -0.4 is 9.62 Å². The molecule has 1 unspecified atom stereocenters. The lowest BCUT2D eigenvalue weighted by molar-refractivity contribution is -0.140. The number of nitrogens with one attached hydrogen (secondary N) is 1. The Morgan fingerprint density at radius 2 is 1.52 bits per heavy atom. The fraction of sp³-hybridized carbons (Fsp3) is 0.235. The lowest BCUT2D eigenvalue weighted by Crippen LogP contribution is -2.53. The number of halogens is 4.